The fraction of sp³-hybridized carbons (Fsp3) is 0.469. The molecule has 1 heteroatoms. The van der Waals surface area contributed by atoms with E-state index < -0.39 is 6.85 Å². The molecule has 0 radical (unpaired) electrons. The summed E-state index contributed by atoms with van der Waals surface area (Å²) >= 11 is 0. The van der Waals surface area contributed by atoms with Crippen LogP contribution in [-0.2, 0) is 23.3 Å². The molecule has 0 N–H and O–H groups in total. The van der Waals surface area contributed by atoms with E-state index in [2.05, 4.69) is 117 Å². The van der Waals surface area contributed by atoms with Crippen LogP contribution in [0.5, 0.6) is 0 Å². The monoisotopic (exact) mass is 445 g/mol. The van der Waals surface area contributed by atoms with E-state index in [4.69, 9.17) is 4.11 Å². The lowest BCUT2D eigenvalue weighted by Gasteiger charge is -2.27. The summed E-state index contributed by atoms with van der Waals surface area (Å²) in [5.74, 6) is 0. The molecule has 1 nitrogen and oxygen atoms in total. The molecule has 0 atom stereocenters. The topological polar surface area (TPSA) is 3.88 Å². The van der Waals surface area contributed by atoms with Gasteiger partial charge in [-0.25, -0.2) is 4.57 Å². The van der Waals surface area contributed by atoms with Crippen molar-refractivity contribution in [3.63, 3.8) is 0 Å². The lowest BCUT2D eigenvalue weighted by Crippen LogP contribution is -2.32. The summed E-state index contributed by atoms with van der Waals surface area (Å²) in [4.78, 5) is 0. The van der Waals surface area contributed by atoms with E-state index >= 15 is 0 Å². The Morgan fingerprint density at radius 2 is 1.18 bits per heavy atom. The van der Waals surface area contributed by atoms with Crippen LogP contribution < -0.4 is 4.57 Å². The zero-order chi connectivity index (χ0) is 27.4. The zero-order valence-corrected chi connectivity index (χ0v) is 22.6. The molecule has 0 amide bonds. The molecule has 3 aromatic rings. The lowest BCUT2D eigenvalue weighted by atomic mass is 9.78. The predicted molar refractivity (Wildman–Crippen MR) is 144 cm³/mol. The van der Waals surface area contributed by atoms with Crippen molar-refractivity contribution >= 4 is 0 Å². The number of nitrogens with zero attached hydrogens (tertiary/aromatic N) is 1. The Morgan fingerprint density at radius 1 is 0.636 bits per heavy atom. The van der Waals surface area contributed by atoms with E-state index in [-0.39, 0.29) is 16.2 Å². The Hall–Kier alpha value is -2.41. The van der Waals surface area contributed by atoms with Crippen LogP contribution in [0.1, 0.15) is 94.2 Å². The van der Waals surface area contributed by atoms with Crippen LogP contribution in [0.3, 0.4) is 0 Å². The molecule has 0 saturated carbocycles. The normalized spacial score (nSPS) is 14.6. The Morgan fingerprint density at radius 3 is 1.67 bits per heavy atom. The first-order chi connectivity index (χ1) is 16.2. The molecule has 0 unspecified atom stereocenters. The average Bonchev–Trinajstić information content (AvgIpc) is 2.71. The van der Waals surface area contributed by atoms with Gasteiger partial charge in [0.05, 0.1) is 0 Å². The molecule has 0 aliphatic rings. The van der Waals surface area contributed by atoms with E-state index in [9.17, 15) is 0 Å². The van der Waals surface area contributed by atoms with Gasteiger partial charge in [0.25, 0.3) is 0 Å². The average molecular weight is 446 g/mol. The zero-order valence-electron chi connectivity index (χ0n) is 25.6. The number of hydrogen-bond donors (Lipinski definition) is 0. The van der Waals surface area contributed by atoms with Crippen molar-refractivity contribution < 1.29 is 8.68 Å². The molecule has 0 fully saturated rings. The van der Waals surface area contributed by atoms with Gasteiger partial charge >= 0.3 is 0 Å². The first-order valence-corrected chi connectivity index (χ1v) is 12.0. The summed E-state index contributed by atoms with van der Waals surface area (Å²) in [5, 5.41) is 0. The fourth-order valence-electron chi connectivity index (χ4n) is 4.18. The van der Waals surface area contributed by atoms with Crippen molar-refractivity contribution in [1.82, 2.24) is 0 Å². The van der Waals surface area contributed by atoms with Crippen molar-refractivity contribution in [1.29, 1.82) is 0 Å². The van der Waals surface area contributed by atoms with E-state index in [1.807, 2.05) is 13.0 Å². The van der Waals surface area contributed by atoms with Crippen LogP contribution in [0.2, 0.25) is 0 Å². The molecule has 0 aliphatic heterocycles. The van der Waals surface area contributed by atoms with Gasteiger partial charge in [0, 0.05) is 21.8 Å². The van der Waals surface area contributed by atoms with Gasteiger partial charge in [0.1, 0.15) is 7.05 Å². The van der Waals surface area contributed by atoms with Crippen LogP contribution in [0, 0.1) is 13.8 Å². The van der Waals surface area contributed by atoms with Gasteiger partial charge in [-0.3, -0.25) is 0 Å². The van der Waals surface area contributed by atoms with E-state index in [0.717, 1.165) is 27.9 Å². The van der Waals surface area contributed by atoms with Crippen molar-refractivity contribution in [2.45, 2.75) is 92.3 Å². The van der Waals surface area contributed by atoms with Crippen molar-refractivity contribution in [2.75, 3.05) is 0 Å². The molecule has 33 heavy (non-hydrogen) atoms. The highest BCUT2D eigenvalue weighted by Crippen LogP contribution is 2.37. The van der Waals surface area contributed by atoms with Crippen LogP contribution in [-0.4, -0.2) is 0 Å². The largest absolute Gasteiger partial charge is 0.212 e. The van der Waals surface area contributed by atoms with Crippen LogP contribution in [0.25, 0.3) is 22.4 Å². The molecular weight excluding hydrogens is 398 g/mol. The van der Waals surface area contributed by atoms with Crippen molar-refractivity contribution in [3.8, 4) is 22.4 Å². The molecule has 1 aromatic heterocycles. The highest BCUT2D eigenvalue weighted by Gasteiger charge is 2.24. The number of aromatic nitrogens is 1. The SMILES string of the molecule is [2H]C([2H])([2H])c1cc(C)c(-c2cc(C(C)(C)C)cc[n+]2C)cc1-c1cc(C(C)(C)C)cc(C(C)(C)C)c1. The Labute approximate surface area is 207 Å². The first-order valence-electron chi connectivity index (χ1n) is 13.5. The van der Waals surface area contributed by atoms with Crippen LogP contribution in [0.15, 0.2) is 48.7 Å². The van der Waals surface area contributed by atoms with E-state index in [0.29, 0.717) is 5.56 Å². The Bertz CT molecular complexity index is 1240. The molecule has 0 aliphatic carbocycles. The molecule has 3 rings (SSSR count). The highest BCUT2D eigenvalue weighted by molar-refractivity contribution is 5.77. The highest BCUT2D eigenvalue weighted by atomic mass is 14.9. The van der Waals surface area contributed by atoms with Crippen molar-refractivity contribution in [3.05, 3.63) is 76.5 Å². The van der Waals surface area contributed by atoms with Gasteiger partial charge in [0.15, 0.2) is 6.20 Å². The predicted octanol–water partition coefficient (Wildman–Crippen LogP) is 8.35. The summed E-state index contributed by atoms with van der Waals surface area (Å²) in [5.41, 5.74) is 8.84. The van der Waals surface area contributed by atoms with Gasteiger partial charge in [-0.2, -0.15) is 0 Å². The Kier molecular flexibility index (Phi) is 5.40. The number of rotatable bonds is 2. The van der Waals surface area contributed by atoms with Gasteiger partial charge in [-0.05, 0) is 75.0 Å². The summed E-state index contributed by atoms with van der Waals surface area (Å²) < 4.78 is 27.3. The molecule has 0 spiro atoms. The standard InChI is InChI=1S/C32H44N/c1-21-15-22(2)28(29-19-24(30(3,4)5)13-14-33(29)12)20-27(21)23-16-25(31(6,7)8)18-26(17-23)32(9,10)11/h13-20H,1-12H3/q+1/i1D3. The summed E-state index contributed by atoms with van der Waals surface area (Å²) in [7, 11) is 2.05. The minimum atomic E-state index is -2.21. The third-order valence-electron chi connectivity index (χ3n) is 6.63. The number of benzene rings is 2. The molecule has 0 saturated heterocycles. The van der Waals surface area contributed by atoms with E-state index in [1.165, 1.54) is 16.7 Å². The molecule has 2 aromatic carbocycles. The lowest BCUT2D eigenvalue weighted by molar-refractivity contribution is -0.660. The second-order valence-electron chi connectivity index (χ2n) is 12.7. The van der Waals surface area contributed by atoms with Gasteiger partial charge in [-0.15, -0.1) is 0 Å². The van der Waals surface area contributed by atoms with Crippen molar-refractivity contribution in [2.24, 2.45) is 7.05 Å². The maximum absolute atomic E-state index is 8.37. The molecule has 0 bridgehead atoms. The molecular formula is C32H44N+. The third-order valence-corrected chi connectivity index (χ3v) is 6.63. The maximum Gasteiger partial charge on any atom is 0.212 e. The van der Waals surface area contributed by atoms with Gasteiger partial charge < -0.3 is 0 Å². The number of pyridine rings is 1. The smallest absolute Gasteiger partial charge is 0.201 e. The first kappa shape index (κ1) is 21.1. The third kappa shape index (κ3) is 5.40. The second-order valence-corrected chi connectivity index (χ2v) is 12.7. The number of aryl methyl sites for hydroxylation is 3. The fourth-order valence-corrected chi connectivity index (χ4v) is 4.18. The molecule has 176 valence electrons. The van der Waals surface area contributed by atoms with Crippen LogP contribution in [0.4, 0.5) is 0 Å². The molecule has 1 heterocycles. The van der Waals surface area contributed by atoms with Gasteiger partial charge in [0.2, 0.25) is 5.69 Å². The quantitative estimate of drug-likeness (QED) is 0.349. The second kappa shape index (κ2) is 8.42. The van der Waals surface area contributed by atoms with E-state index in [1.54, 1.807) is 0 Å². The van der Waals surface area contributed by atoms with Gasteiger partial charge in [-0.1, -0.05) is 86.6 Å². The summed E-state index contributed by atoms with van der Waals surface area (Å²) in [6.07, 6.45) is 2.10. The number of hydrogen-bond acceptors (Lipinski definition) is 0. The van der Waals surface area contributed by atoms with Crippen LogP contribution >= 0.6 is 0 Å². The Balaban J connectivity index is 2.42. The maximum atomic E-state index is 8.37. The summed E-state index contributed by atoms with van der Waals surface area (Å²) in [6, 6.07) is 15.0. The minimum Gasteiger partial charge on any atom is -0.201 e. The minimum absolute atomic E-state index is 0.0149. The summed E-state index contributed by atoms with van der Waals surface area (Å²) in [6.45, 7) is 19.7.